The van der Waals surface area contributed by atoms with Crippen LogP contribution < -0.4 is 5.32 Å². The molecule has 2 rings (SSSR count). The number of carboxylic acid groups (broad SMARTS) is 1. The van der Waals surface area contributed by atoms with Crippen molar-refractivity contribution in [1.29, 1.82) is 0 Å². The smallest absolute Gasteiger partial charge is 0.354 e. The van der Waals surface area contributed by atoms with E-state index < -0.39 is 5.97 Å². The lowest BCUT2D eigenvalue weighted by Gasteiger charge is -2.04. The Morgan fingerprint density at radius 2 is 2.22 bits per heavy atom. The summed E-state index contributed by atoms with van der Waals surface area (Å²) in [5.74, 6) is -1.02. The van der Waals surface area contributed by atoms with Gasteiger partial charge >= 0.3 is 5.97 Å². The largest absolute Gasteiger partial charge is 0.477 e. The Bertz CT molecular complexity index is 539. The molecular weight excluding hydrogens is 272 g/mol. The van der Waals surface area contributed by atoms with Crippen LogP contribution in [0.4, 0.5) is 5.69 Å². The van der Waals surface area contributed by atoms with Gasteiger partial charge in [0.2, 0.25) is 0 Å². The van der Waals surface area contributed by atoms with Crippen molar-refractivity contribution in [1.82, 2.24) is 4.98 Å². The summed E-state index contributed by atoms with van der Waals surface area (Å²) in [7, 11) is 0. The molecule has 4 nitrogen and oxygen atoms in total. The number of rotatable bonds is 5. The molecule has 0 aliphatic rings. The Hall–Kier alpha value is -1.59. The molecular formula is C12H11ClN2O2S. The predicted molar refractivity (Wildman–Crippen MR) is 72.7 cm³/mol. The fourth-order valence-electron chi connectivity index (χ4n) is 1.44. The first-order valence-corrected chi connectivity index (χ1v) is 6.52. The van der Waals surface area contributed by atoms with E-state index >= 15 is 0 Å². The number of thiophene rings is 1. The van der Waals surface area contributed by atoms with E-state index in [4.69, 9.17) is 16.7 Å². The van der Waals surface area contributed by atoms with Crippen molar-refractivity contribution < 1.29 is 9.90 Å². The monoisotopic (exact) mass is 282 g/mol. The summed E-state index contributed by atoms with van der Waals surface area (Å²) >= 11 is 7.40. The van der Waals surface area contributed by atoms with E-state index in [0.717, 1.165) is 23.0 Å². The second-order valence-electron chi connectivity index (χ2n) is 3.62. The molecule has 2 aromatic rings. The van der Waals surface area contributed by atoms with E-state index in [1.165, 1.54) is 17.1 Å². The molecule has 0 bridgehead atoms. The Labute approximate surface area is 113 Å². The lowest BCUT2D eigenvalue weighted by molar-refractivity contribution is 0.0690. The van der Waals surface area contributed by atoms with Crippen LogP contribution >= 0.6 is 22.9 Å². The van der Waals surface area contributed by atoms with Crippen LogP contribution in [0.1, 0.15) is 15.4 Å². The van der Waals surface area contributed by atoms with E-state index in [2.05, 4.69) is 10.3 Å². The Morgan fingerprint density at radius 1 is 1.39 bits per heavy atom. The highest BCUT2D eigenvalue weighted by molar-refractivity contribution is 7.16. The lowest BCUT2D eigenvalue weighted by atomic mass is 10.3. The number of carboxylic acids is 1. The minimum atomic E-state index is -1.02. The first-order chi connectivity index (χ1) is 8.65. The van der Waals surface area contributed by atoms with Gasteiger partial charge in [-0.3, -0.25) is 0 Å². The zero-order valence-electron chi connectivity index (χ0n) is 9.39. The molecule has 0 fully saturated rings. The van der Waals surface area contributed by atoms with Gasteiger partial charge in [-0.25, -0.2) is 9.78 Å². The highest BCUT2D eigenvalue weighted by Crippen LogP contribution is 2.21. The standard InChI is InChI=1S/C12H11ClN2O2S/c13-11-4-2-9(18-11)5-6-14-8-1-3-10(12(16)17)15-7-8/h1-4,7,14H,5-6H2,(H,16,17). The van der Waals surface area contributed by atoms with Crippen molar-refractivity contribution in [2.24, 2.45) is 0 Å². The summed E-state index contributed by atoms with van der Waals surface area (Å²) in [6, 6.07) is 7.07. The van der Waals surface area contributed by atoms with Gasteiger partial charge in [-0.15, -0.1) is 11.3 Å². The number of carbonyl (C=O) groups is 1. The average Bonchev–Trinajstić information content (AvgIpc) is 2.76. The molecule has 0 aliphatic heterocycles. The van der Waals surface area contributed by atoms with Gasteiger partial charge in [0.15, 0.2) is 0 Å². The number of hydrogen-bond donors (Lipinski definition) is 2. The minimum Gasteiger partial charge on any atom is -0.477 e. The van der Waals surface area contributed by atoms with Crippen LogP contribution in [0, 0.1) is 0 Å². The Kier molecular flexibility index (Phi) is 4.17. The third kappa shape index (κ3) is 3.45. The number of aromatic nitrogens is 1. The van der Waals surface area contributed by atoms with Crippen molar-refractivity contribution in [3.8, 4) is 0 Å². The van der Waals surface area contributed by atoms with Gasteiger partial charge in [-0.1, -0.05) is 11.6 Å². The third-order valence-electron chi connectivity index (χ3n) is 2.31. The van der Waals surface area contributed by atoms with Crippen LogP contribution in [0.2, 0.25) is 4.34 Å². The summed E-state index contributed by atoms with van der Waals surface area (Å²) < 4.78 is 0.789. The fourth-order valence-corrected chi connectivity index (χ4v) is 2.53. The van der Waals surface area contributed by atoms with Gasteiger partial charge in [0.1, 0.15) is 5.69 Å². The average molecular weight is 283 g/mol. The normalized spacial score (nSPS) is 10.3. The van der Waals surface area contributed by atoms with Crippen LogP contribution in [-0.4, -0.2) is 22.6 Å². The maximum absolute atomic E-state index is 10.6. The van der Waals surface area contributed by atoms with E-state index in [0.29, 0.717) is 0 Å². The van der Waals surface area contributed by atoms with Crippen LogP contribution in [0.3, 0.4) is 0 Å². The number of anilines is 1. The first kappa shape index (κ1) is 12.9. The number of hydrogen-bond acceptors (Lipinski definition) is 4. The van der Waals surface area contributed by atoms with Crippen molar-refractivity contribution in [2.75, 3.05) is 11.9 Å². The van der Waals surface area contributed by atoms with E-state index in [9.17, 15) is 4.79 Å². The number of halogens is 1. The van der Waals surface area contributed by atoms with Gasteiger partial charge in [0, 0.05) is 11.4 Å². The third-order valence-corrected chi connectivity index (χ3v) is 3.60. The molecule has 0 spiro atoms. The molecule has 2 aromatic heterocycles. The van der Waals surface area contributed by atoms with Gasteiger partial charge in [0.05, 0.1) is 16.2 Å². The van der Waals surface area contributed by atoms with Gasteiger partial charge in [-0.2, -0.15) is 0 Å². The quantitative estimate of drug-likeness (QED) is 0.884. The van der Waals surface area contributed by atoms with Crippen LogP contribution in [0.25, 0.3) is 0 Å². The van der Waals surface area contributed by atoms with Crippen molar-refractivity contribution in [2.45, 2.75) is 6.42 Å². The summed E-state index contributed by atoms with van der Waals surface area (Å²) in [6.45, 7) is 0.755. The Balaban J connectivity index is 1.85. The predicted octanol–water partition coefficient (Wildman–Crippen LogP) is 3.15. The zero-order valence-corrected chi connectivity index (χ0v) is 11.0. The van der Waals surface area contributed by atoms with Gasteiger partial charge in [-0.05, 0) is 30.7 Å². The fraction of sp³-hybridized carbons (Fsp3) is 0.167. The molecule has 0 unspecified atom stereocenters. The summed E-state index contributed by atoms with van der Waals surface area (Å²) in [5, 5.41) is 11.9. The van der Waals surface area contributed by atoms with Crippen LogP contribution in [-0.2, 0) is 6.42 Å². The summed E-state index contributed by atoms with van der Waals surface area (Å²) in [4.78, 5) is 15.7. The molecule has 0 amide bonds. The summed E-state index contributed by atoms with van der Waals surface area (Å²) in [6.07, 6.45) is 2.39. The number of nitrogens with one attached hydrogen (secondary N) is 1. The van der Waals surface area contributed by atoms with Crippen LogP contribution in [0.15, 0.2) is 30.5 Å². The molecule has 2 heterocycles. The van der Waals surface area contributed by atoms with Crippen LogP contribution in [0.5, 0.6) is 0 Å². The molecule has 2 N–H and O–H groups in total. The van der Waals surface area contributed by atoms with E-state index in [1.54, 1.807) is 17.4 Å². The second-order valence-corrected chi connectivity index (χ2v) is 5.42. The molecule has 0 saturated heterocycles. The van der Waals surface area contributed by atoms with Gasteiger partial charge < -0.3 is 10.4 Å². The number of pyridine rings is 1. The minimum absolute atomic E-state index is 0.0468. The number of aromatic carboxylic acids is 1. The van der Waals surface area contributed by atoms with E-state index in [-0.39, 0.29) is 5.69 Å². The lowest BCUT2D eigenvalue weighted by Crippen LogP contribution is -2.05. The maximum atomic E-state index is 10.6. The van der Waals surface area contributed by atoms with Crippen molar-refractivity contribution in [3.05, 3.63) is 45.4 Å². The highest BCUT2D eigenvalue weighted by atomic mass is 35.5. The molecule has 0 saturated carbocycles. The molecule has 18 heavy (non-hydrogen) atoms. The molecule has 0 atom stereocenters. The maximum Gasteiger partial charge on any atom is 0.354 e. The molecule has 0 aromatic carbocycles. The first-order valence-electron chi connectivity index (χ1n) is 5.32. The SMILES string of the molecule is O=C(O)c1ccc(NCCc2ccc(Cl)s2)cn1. The molecule has 0 radical (unpaired) electrons. The molecule has 6 heteroatoms. The number of nitrogens with zero attached hydrogens (tertiary/aromatic N) is 1. The second kappa shape index (κ2) is 5.84. The Morgan fingerprint density at radius 3 is 2.78 bits per heavy atom. The highest BCUT2D eigenvalue weighted by Gasteiger charge is 2.03. The topological polar surface area (TPSA) is 62.2 Å². The van der Waals surface area contributed by atoms with Crippen molar-refractivity contribution in [3.63, 3.8) is 0 Å². The molecule has 94 valence electrons. The summed E-state index contributed by atoms with van der Waals surface area (Å²) in [5.41, 5.74) is 0.855. The molecule has 0 aliphatic carbocycles. The zero-order chi connectivity index (χ0) is 13.0. The van der Waals surface area contributed by atoms with Gasteiger partial charge in [0.25, 0.3) is 0 Å². The van der Waals surface area contributed by atoms with Crippen molar-refractivity contribution >= 4 is 34.6 Å². The van der Waals surface area contributed by atoms with E-state index in [1.807, 2.05) is 12.1 Å².